The molecule has 2 unspecified atom stereocenters. The maximum absolute atomic E-state index is 12.6. The van der Waals surface area contributed by atoms with Crippen LogP contribution in [0.5, 0.6) is 0 Å². The minimum Gasteiger partial charge on any atom is -0.335 e. The van der Waals surface area contributed by atoms with Crippen LogP contribution < -0.4 is 5.32 Å². The third-order valence-electron chi connectivity index (χ3n) is 4.45. The molecule has 1 amide bonds. The van der Waals surface area contributed by atoms with Gasteiger partial charge in [-0.1, -0.05) is 0 Å². The maximum atomic E-state index is 12.6. The zero-order chi connectivity index (χ0) is 13.9. The van der Waals surface area contributed by atoms with Gasteiger partial charge in [0.2, 0.25) is 0 Å². The number of piperidine rings is 2. The molecule has 110 valence electrons. The van der Waals surface area contributed by atoms with Crippen molar-refractivity contribution in [2.45, 2.75) is 51.0 Å². The molecule has 5 heteroatoms. The highest BCUT2D eigenvalue weighted by molar-refractivity contribution is 7.09. The molecule has 2 atom stereocenters. The highest BCUT2D eigenvalue weighted by Gasteiger charge is 2.27. The molecule has 0 spiro atoms. The molecular formula is C15H23N3OS. The quantitative estimate of drug-likeness (QED) is 0.911. The van der Waals surface area contributed by atoms with Crippen molar-refractivity contribution in [1.82, 2.24) is 15.2 Å². The van der Waals surface area contributed by atoms with Gasteiger partial charge in [-0.2, -0.15) is 0 Å². The van der Waals surface area contributed by atoms with Gasteiger partial charge >= 0.3 is 0 Å². The van der Waals surface area contributed by atoms with E-state index < -0.39 is 0 Å². The Hall–Kier alpha value is -0.940. The number of hydrogen-bond donors (Lipinski definition) is 1. The van der Waals surface area contributed by atoms with E-state index in [1.165, 1.54) is 19.3 Å². The molecule has 0 bridgehead atoms. The largest absolute Gasteiger partial charge is 0.335 e. The molecule has 0 saturated carbocycles. The van der Waals surface area contributed by atoms with Crippen molar-refractivity contribution in [3.8, 4) is 0 Å². The van der Waals surface area contributed by atoms with E-state index in [0.29, 0.717) is 17.7 Å². The normalized spacial score (nSPS) is 27.6. The highest BCUT2D eigenvalue weighted by atomic mass is 32.1. The number of carbonyl (C=O) groups is 1. The third kappa shape index (κ3) is 2.88. The number of aromatic nitrogens is 1. The fourth-order valence-corrected chi connectivity index (χ4v) is 4.11. The van der Waals surface area contributed by atoms with Crippen molar-refractivity contribution < 1.29 is 4.79 Å². The van der Waals surface area contributed by atoms with E-state index in [1.54, 1.807) is 11.3 Å². The topological polar surface area (TPSA) is 45.2 Å². The lowest BCUT2D eigenvalue weighted by Gasteiger charge is -2.32. The third-order valence-corrected chi connectivity index (χ3v) is 5.46. The zero-order valence-corrected chi connectivity index (χ0v) is 12.9. The minimum atomic E-state index is 0.128. The molecule has 3 rings (SSSR count). The monoisotopic (exact) mass is 293 g/mol. The number of rotatable bonds is 2. The molecular weight excluding hydrogens is 270 g/mol. The maximum Gasteiger partial charge on any atom is 0.273 e. The van der Waals surface area contributed by atoms with E-state index >= 15 is 0 Å². The first-order chi connectivity index (χ1) is 9.75. The molecule has 2 aliphatic heterocycles. The van der Waals surface area contributed by atoms with Crippen molar-refractivity contribution >= 4 is 17.2 Å². The molecule has 20 heavy (non-hydrogen) atoms. The van der Waals surface area contributed by atoms with Crippen LogP contribution in [0.25, 0.3) is 0 Å². The van der Waals surface area contributed by atoms with E-state index in [2.05, 4.69) is 17.2 Å². The summed E-state index contributed by atoms with van der Waals surface area (Å²) in [4.78, 5) is 19.2. The molecule has 0 aromatic carbocycles. The van der Waals surface area contributed by atoms with E-state index in [-0.39, 0.29) is 5.91 Å². The molecule has 4 nitrogen and oxygen atoms in total. The van der Waals surface area contributed by atoms with Crippen LogP contribution in [-0.2, 0) is 0 Å². The van der Waals surface area contributed by atoms with E-state index in [4.69, 9.17) is 0 Å². The lowest BCUT2D eigenvalue weighted by molar-refractivity contribution is 0.0630. The van der Waals surface area contributed by atoms with Gasteiger partial charge in [-0.25, -0.2) is 4.98 Å². The van der Waals surface area contributed by atoms with Crippen LogP contribution in [0.2, 0.25) is 0 Å². The Morgan fingerprint density at radius 3 is 3.05 bits per heavy atom. The summed E-state index contributed by atoms with van der Waals surface area (Å²) in [6, 6.07) is 0.359. The molecule has 2 fully saturated rings. The number of thiazole rings is 1. The fraction of sp³-hybridized carbons (Fsp3) is 0.733. The summed E-state index contributed by atoms with van der Waals surface area (Å²) in [7, 11) is 0. The van der Waals surface area contributed by atoms with Crippen LogP contribution in [0, 0.1) is 0 Å². The van der Waals surface area contributed by atoms with Crippen molar-refractivity contribution in [2.24, 2.45) is 0 Å². The summed E-state index contributed by atoms with van der Waals surface area (Å²) in [6.45, 7) is 5.15. The Morgan fingerprint density at radius 2 is 2.30 bits per heavy atom. The van der Waals surface area contributed by atoms with Crippen LogP contribution in [0.3, 0.4) is 0 Å². The summed E-state index contributed by atoms with van der Waals surface area (Å²) < 4.78 is 0. The number of likely N-dealkylation sites (tertiary alicyclic amines) is 1. The van der Waals surface area contributed by atoms with E-state index in [1.807, 2.05) is 10.3 Å². The van der Waals surface area contributed by atoms with E-state index in [9.17, 15) is 4.79 Å². The van der Waals surface area contributed by atoms with E-state index in [0.717, 1.165) is 37.5 Å². The summed E-state index contributed by atoms with van der Waals surface area (Å²) in [6.07, 6.45) is 5.88. The predicted molar refractivity (Wildman–Crippen MR) is 81.3 cm³/mol. The lowest BCUT2D eigenvalue weighted by Crippen LogP contribution is -2.42. The molecule has 0 radical (unpaired) electrons. The molecule has 3 heterocycles. The summed E-state index contributed by atoms with van der Waals surface area (Å²) in [5.74, 6) is 0.623. The smallest absolute Gasteiger partial charge is 0.273 e. The van der Waals surface area contributed by atoms with Gasteiger partial charge in [0, 0.05) is 30.4 Å². The summed E-state index contributed by atoms with van der Waals surface area (Å²) in [5, 5.41) is 6.50. The fourth-order valence-electron chi connectivity index (χ4n) is 3.18. The van der Waals surface area contributed by atoms with Crippen molar-refractivity contribution in [3.05, 3.63) is 16.1 Å². The molecule has 1 aromatic heterocycles. The Labute approximate surface area is 124 Å². The van der Waals surface area contributed by atoms with Crippen LogP contribution >= 0.6 is 11.3 Å². The molecule has 2 saturated heterocycles. The van der Waals surface area contributed by atoms with Crippen molar-refractivity contribution in [2.75, 3.05) is 19.6 Å². The van der Waals surface area contributed by atoms with Crippen molar-refractivity contribution in [3.63, 3.8) is 0 Å². The van der Waals surface area contributed by atoms with Crippen LogP contribution in [-0.4, -0.2) is 41.5 Å². The highest BCUT2D eigenvalue weighted by Crippen LogP contribution is 2.27. The summed E-state index contributed by atoms with van der Waals surface area (Å²) in [5.41, 5.74) is 0.657. The van der Waals surface area contributed by atoms with Gasteiger partial charge in [0.25, 0.3) is 5.91 Å². The predicted octanol–water partition coefficient (Wildman–Crippen LogP) is 2.62. The van der Waals surface area contributed by atoms with Gasteiger partial charge in [-0.3, -0.25) is 4.79 Å². The van der Waals surface area contributed by atoms with Crippen LogP contribution in [0.4, 0.5) is 0 Å². The Balaban J connectivity index is 1.70. The second kappa shape index (κ2) is 6.22. The number of carbonyl (C=O) groups excluding carboxylic acids is 1. The van der Waals surface area contributed by atoms with Gasteiger partial charge in [0.1, 0.15) is 5.69 Å². The van der Waals surface area contributed by atoms with Crippen LogP contribution in [0.15, 0.2) is 5.38 Å². The first-order valence-corrected chi connectivity index (χ1v) is 8.61. The van der Waals surface area contributed by atoms with Crippen molar-refractivity contribution in [1.29, 1.82) is 0 Å². The number of hydrogen-bond acceptors (Lipinski definition) is 4. The number of nitrogens with zero attached hydrogens (tertiary/aromatic N) is 2. The summed E-state index contributed by atoms with van der Waals surface area (Å²) >= 11 is 1.65. The minimum absolute atomic E-state index is 0.128. The Kier molecular flexibility index (Phi) is 4.36. The molecule has 1 aromatic rings. The first-order valence-electron chi connectivity index (χ1n) is 7.73. The van der Waals surface area contributed by atoms with Gasteiger partial charge in [0.05, 0.1) is 5.01 Å². The Bertz CT molecular complexity index is 467. The van der Waals surface area contributed by atoms with Gasteiger partial charge in [-0.05, 0) is 45.6 Å². The molecule has 0 aliphatic carbocycles. The molecule has 1 N–H and O–H groups in total. The first kappa shape index (κ1) is 14.0. The van der Waals surface area contributed by atoms with Gasteiger partial charge < -0.3 is 10.2 Å². The Morgan fingerprint density at radius 1 is 1.40 bits per heavy atom. The zero-order valence-electron chi connectivity index (χ0n) is 12.1. The van der Waals surface area contributed by atoms with Gasteiger partial charge in [0.15, 0.2) is 0 Å². The average molecular weight is 293 g/mol. The number of nitrogens with one attached hydrogen (secondary N) is 1. The van der Waals surface area contributed by atoms with Crippen LogP contribution in [0.1, 0.15) is 60.4 Å². The SMILES string of the molecule is CC1CCCCN1C(=O)c1csc(C2CCCNC2)n1. The second-order valence-electron chi connectivity index (χ2n) is 5.96. The van der Waals surface area contributed by atoms with Gasteiger partial charge in [-0.15, -0.1) is 11.3 Å². The molecule has 2 aliphatic rings. The lowest BCUT2D eigenvalue weighted by atomic mass is 10.0. The average Bonchev–Trinajstić information content (AvgIpc) is 2.98. The number of amides is 1. The standard InChI is InChI=1S/C15H23N3OS/c1-11-5-2-3-8-18(11)15(19)13-10-20-14(17-13)12-6-4-7-16-9-12/h10-12,16H,2-9H2,1H3. The second-order valence-corrected chi connectivity index (χ2v) is 6.85.